The quantitative estimate of drug-likeness (QED) is 0.680. The molecule has 116 valence electrons. The van der Waals surface area contributed by atoms with Crippen LogP contribution < -0.4 is 10.6 Å². The second-order valence-electron chi connectivity index (χ2n) is 5.70. The Morgan fingerprint density at radius 3 is 2.52 bits per heavy atom. The van der Waals surface area contributed by atoms with Gasteiger partial charge in [0.15, 0.2) is 0 Å². The fraction of sp³-hybridized carbons (Fsp3) is 0.600. The Hall–Kier alpha value is -1.33. The van der Waals surface area contributed by atoms with E-state index in [4.69, 9.17) is 17.3 Å². The molecule has 1 saturated carbocycles. The predicted octanol–water partition coefficient (Wildman–Crippen LogP) is 3.65. The van der Waals surface area contributed by atoms with Crippen LogP contribution in [-0.4, -0.2) is 23.6 Å². The van der Waals surface area contributed by atoms with Gasteiger partial charge in [0, 0.05) is 30.4 Å². The number of halogens is 1. The van der Waals surface area contributed by atoms with Gasteiger partial charge >= 0.3 is 0 Å². The van der Waals surface area contributed by atoms with Crippen LogP contribution in [0.25, 0.3) is 0 Å². The SMILES string of the molecule is CCN(c1cc(Cl)c([N+](=O)[O-])cc1C)C1CCC(N)CC1. The number of nitro groups is 1. The number of rotatable bonds is 4. The van der Waals surface area contributed by atoms with E-state index in [1.165, 1.54) is 0 Å². The van der Waals surface area contributed by atoms with Crippen molar-refractivity contribution in [3.8, 4) is 0 Å². The van der Waals surface area contributed by atoms with Crippen molar-refractivity contribution in [2.45, 2.75) is 51.6 Å². The molecular formula is C15H22ClN3O2. The molecule has 0 radical (unpaired) electrons. The molecule has 1 aromatic carbocycles. The third-order valence-corrected chi connectivity index (χ3v) is 4.60. The smallest absolute Gasteiger partial charge is 0.288 e. The molecular weight excluding hydrogens is 290 g/mol. The van der Waals surface area contributed by atoms with Crippen molar-refractivity contribution in [3.63, 3.8) is 0 Å². The lowest BCUT2D eigenvalue weighted by atomic mass is 9.90. The standard InChI is InChI=1S/C15H22ClN3O2/c1-3-18(12-6-4-11(17)5-7-12)14-9-13(16)15(19(20)21)8-10(14)2/h8-9,11-12H,3-7,17H2,1-2H3. The summed E-state index contributed by atoms with van der Waals surface area (Å²) in [5, 5.41) is 11.2. The topological polar surface area (TPSA) is 72.4 Å². The minimum Gasteiger partial charge on any atom is -0.369 e. The van der Waals surface area contributed by atoms with Crippen LogP contribution >= 0.6 is 11.6 Å². The molecule has 2 rings (SSSR count). The maximum absolute atomic E-state index is 11.0. The zero-order valence-electron chi connectivity index (χ0n) is 12.5. The molecule has 21 heavy (non-hydrogen) atoms. The summed E-state index contributed by atoms with van der Waals surface area (Å²) in [7, 11) is 0. The second-order valence-corrected chi connectivity index (χ2v) is 6.11. The third kappa shape index (κ3) is 3.47. The van der Waals surface area contributed by atoms with E-state index in [-0.39, 0.29) is 10.7 Å². The lowest BCUT2D eigenvalue weighted by Crippen LogP contribution is -2.41. The Morgan fingerprint density at radius 1 is 1.38 bits per heavy atom. The summed E-state index contributed by atoms with van der Waals surface area (Å²) in [5.41, 5.74) is 7.83. The molecule has 0 amide bonds. The summed E-state index contributed by atoms with van der Waals surface area (Å²) >= 11 is 6.07. The highest BCUT2D eigenvalue weighted by molar-refractivity contribution is 6.33. The predicted molar refractivity (Wildman–Crippen MR) is 86.1 cm³/mol. The van der Waals surface area contributed by atoms with Crippen molar-refractivity contribution in [1.29, 1.82) is 0 Å². The summed E-state index contributed by atoms with van der Waals surface area (Å²) in [6.45, 7) is 4.86. The number of anilines is 1. The number of nitrogens with two attached hydrogens (primary N) is 1. The number of benzene rings is 1. The highest BCUT2D eigenvalue weighted by Crippen LogP contribution is 2.35. The van der Waals surface area contributed by atoms with E-state index in [1.54, 1.807) is 12.1 Å². The van der Waals surface area contributed by atoms with E-state index < -0.39 is 4.92 Å². The molecule has 0 spiro atoms. The van der Waals surface area contributed by atoms with Gasteiger partial charge in [-0.15, -0.1) is 0 Å². The molecule has 0 heterocycles. The zero-order chi connectivity index (χ0) is 15.6. The molecule has 5 nitrogen and oxygen atoms in total. The first-order valence-electron chi connectivity index (χ1n) is 7.40. The first-order chi connectivity index (χ1) is 9.93. The molecule has 2 N–H and O–H groups in total. The van der Waals surface area contributed by atoms with Crippen LogP contribution in [0.2, 0.25) is 5.02 Å². The molecule has 0 unspecified atom stereocenters. The molecule has 0 atom stereocenters. The Morgan fingerprint density at radius 2 is 2.00 bits per heavy atom. The molecule has 1 aliphatic rings. The van der Waals surface area contributed by atoms with Crippen LogP contribution in [0.4, 0.5) is 11.4 Å². The summed E-state index contributed by atoms with van der Waals surface area (Å²) in [4.78, 5) is 12.8. The molecule has 1 aromatic rings. The minimum atomic E-state index is -0.435. The third-order valence-electron chi connectivity index (χ3n) is 4.29. The summed E-state index contributed by atoms with van der Waals surface area (Å²) in [6.07, 6.45) is 4.17. The van der Waals surface area contributed by atoms with E-state index in [2.05, 4.69) is 11.8 Å². The van der Waals surface area contributed by atoms with E-state index in [1.807, 2.05) is 6.92 Å². The molecule has 0 aromatic heterocycles. The molecule has 6 heteroatoms. The fourth-order valence-corrected chi connectivity index (χ4v) is 3.37. The number of nitro benzene ring substituents is 1. The number of hydrogen-bond donors (Lipinski definition) is 1. The van der Waals surface area contributed by atoms with Gasteiger partial charge in [-0.05, 0) is 51.2 Å². The van der Waals surface area contributed by atoms with Crippen LogP contribution in [0.15, 0.2) is 12.1 Å². The molecule has 0 bridgehead atoms. The Balaban J connectivity index is 2.30. The van der Waals surface area contributed by atoms with Crippen molar-refractivity contribution in [3.05, 3.63) is 32.8 Å². The summed E-state index contributed by atoms with van der Waals surface area (Å²) < 4.78 is 0. The second kappa shape index (κ2) is 6.62. The maximum atomic E-state index is 11.0. The van der Waals surface area contributed by atoms with E-state index in [9.17, 15) is 10.1 Å². The average molecular weight is 312 g/mol. The van der Waals surface area contributed by atoms with Crippen LogP contribution in [0.5, 0.6) is 0 Å². The number of aryl methyl sites for hydroxylation is 1. The van der Waals surface area contributed by atoms with Crippen LogP contribution in [0.3, 0.4) is 0 Å². The number of hydrogen-bond acceptors (Lipinski definition) is 4. The van der Waals surface area contributed by atoms with E-state index >= 15 is 0 Å². The van der Waals surface area contributed by atoms with E-state index in [0.29, 0.717) is 12.1 Å². The van der Waals surface area contributed by atoms with Crippen LogP contribution in [0.1, 0.15) is 38.2 Å². The highest BCUT2D eigenvalue weighted by Gasteiger charge is 2.26. The summed E-state index contributed by atoms with van der Waals surface area (Å²) in [6, 6.07) is 4.04. The molecule has 0 saturated heterocycles. The largest absolute Gasteiger partial charge is 0.369 e. The molecule has 1 fully saturated rings. The van der Waals surface area contributed by atoms with Crippen LogP contribution in [0, 0.1) is 17.0 Å². The van der Waals surface area contributed by atoms with Gasteiger partial charge in [-0.2, -0.15) is 0 Å². The van der Waals surface area contributed by atoms with Crippen LogP contribution in [-0.2, 0) is 0 Å². The normalized spacial score (nSPS) is 22.1. The first-order valence-corrected chi connectivity index (χ1v) is 7.78. The van der Waals surface area contributed by atoms with Gasteiger partial charge in [-0.3, -0.25) is 10.1 Å². The van der Waals surface area contributed by atoms with Crippen molar-refractivity contribution >= 4 is 23.0 Å². The first kappa shape index (κ1) is 16.0. The van der Waals surface area contributed by atoms with Crippen molar-refractivity contribution < 1.29 is 4.92 Å². The minimum absolute atomic E-state index is 0.0281. The van der Waals surface area contributed by atoms with Gasteiger partial charge in [0.1, 0.15) is 5.02 Å². The zero-order valence-corrected chi connectivity index (χ0v) is 13.3. The van der Waals surface area contributed by atoms with Gasteiger partial charge < -0.3 is 10.6 Å². The fourth-order valence-electron chi connectivity index (χ4n) is 3.14. The lowest BCUT2D eigenvalue weighted by molar-refractivity contribution is -0.384. The van der Waals surface area contributed by atoms with Gasteiger partial charge in [0.05, 0.1) is 4.92 Å². The monoisotopic (exact) mass is 311 g/mol. The Bertz CT molecular complexity index is 528. The van der Waals surface area contributed by atoms with E-state index in [0.717, 1.165) is 43.5 Å². The maximum Gasteiger partial charge on any atom is 0.288 e. The van der Waals surface area contributed by atoms with Gasteiger partial charge in [0.25, 0.3) is 5.69 Å². The van der Waals surface area contributed by atoms with Gasteiger partial charge in [-0.25, -0.2) is 0 Å². The summed E-state index contributed by atoms with van der Waals surface area (Å²) in [5.74, 6) is 0. The molecule has 1 aliphatic carbocycles. The van der Waals surface area contributed by atoms with Crippen molar-refractivity contribution in [2.24, 2.45) is 5.73 Å². The highest BCUT2D eigenvalue weighted by atomic mass is 35.5. The van der Waals surface area contributed by atoms with Gasteiger partial charge in [0.2, 0.25) is 0 Å². The molecule has 0 aliphatic heterocycles. The lowest BCUT2D eigenvalue weighted by Gasteiger charge is -2.37. The average Bonchev–Trinajstić information content (AvgIpc) is 2.44. The Labute approximate surface area is 130 Å². The van der Waals surface area contributed by atoms with Gasteiger partial charge in [-0.1, -0.05) is 11.6 Å². The Kier molecular flexibility index (Phi) is 5.06. The van der Waals surface area contributed by atoms with Crippen molar-refractivity contribution in [2.75, 3.05) is 11.4 Å². The number of nitrogens with zero attached hydrogens (tertiary/aromatic N) is 2. The van der Waals surface area contributed by atoms with Crippen molar-refractivity contribution in [1.82, 2.24) is 0 Å².